The molecule has 0 fully saturated rings. The summed E-state index contributed by atoms with van der Waals surface area (Å²) in [6.45, 7) is 0.608. The molecular weight excluding hydrogens is 366 g/mol. The summed E-state index contributed by atoms with van der Waals surface area (Å²) >= 11 is 1.64. The van der Waals surface area contributed by atoms with Crippen LogP contribution >= 0.6 is 11.3 Å². The number of rotatable bonds is 8. The van der Waals surface area contributed by atoms with Crippen molar-refractivity contribution < 1.29 is 18.8 Å². The Balaban J connectivity index is 1.60. The first-order valence-corrected chi connectivity index (χ1v) is 9.30. The zero-order valence-corrected chi connectivity index (χ0v) is 16.3. The molecule has 8 heteroatoms. The van der Waals surface area contributed by atoms with Crippen LogP contribution in [0.25, 0.3) is 11.4 Å². The Kier molecular flexibility index (Phi) is 6.08. The highest BCUT2D eigenvalue weighted by molar-refractivity contribution is 7.09. The van der Waals surface area contributed by atoms with Gasteiger partial charge in [0.1, 0.15) is 0 Å². The van der Waals surface area contributed by atoms with Crippen molar-refractivity contribution in [3.8, 4) is 22.9 Å². The molecule has 7 nitrogen and oxygen atoms in total. The van der Waals surface area contributed by atoms with E-state index < -0.39 is 0 Å². The van der Waals surface area contributed by atoms with E-state index >= 15 is 0 Å². The Labute approximate surface area is 161 Å². The van der Waals surface area contributed by atoms with Crippen molar-refractivity contribution in [1.82, 2.24) is 15.0 Å². The molecule has 0 atom stereocenters. The average molecular weight is 387 g/mol. The molecule has 2 aromatic heterocycles. The van der Waals surface area contributed by atoms with Crippen molar-refractivity contribution in [2.45, 2.75) is 19.4 Å². The topological polar surface area (TPSA) is 77.7 Å². The lowest BCUT2D eigenvalue weighted by molar-refractivity contribution is -0.130. The predicted molar refractivity (Wildman–Crippen MR) is 102 cm³/mol. The molecular formula is C19H21N3O4S. The fraction of sp³-hybridized carbons (Fsp3) is 0.316. The maximum Gasteiger partial charge on any atom is 0.227 e. The van der Waals surface area contributed by atoms with Crippen molar-refractivity contribution in [2.24, 2.45) is 0 Å². The van der Waals surface area contributed by atoms with Crippen LogP contribution < -0.4 is 9.47 Å². The maximum absolute atomic E-state index is 12.3. The molecule has 0 aliphatic carbocycles. The van der Waals surface area contributed by atoms with Crippen LogP contribution in [0.15, 0.2) is 40.2 Å². The van der Waals surface area contributed by atoms with Crippen LogP contribution in [-0.2, 0) is 17.8 Å². The lowest BCUT2D eigenvalue weighted by Gasteiger charge is -2.15. The van der Waals surface area contributed by atoms with E-state index in [1.54, 1.807) is 49.6 Å². The lowest BCUT2D eigenvalue weighted by Crippen LogP contribution is -2.26. The summed E-state index contributed by atoms with van der Waals surface area (Å²) in [7, 11) is 4.95. The molecule has 3 rings (SSSR count). The smallest absolute Gasteiger partial charge is 0.227 e. The van der Waals surface area contributed by atoms with E-state index in [1.807, 2.05) is 23.6 Å². The summed E-state index contributed by atoms with van der Waals surface area (Å²) in [5.74, 6) is 2.13. The molecule has 0 aliphatic rings. The largest absolute Gasteiger partial charge is 0.493 e. The molecule has 142 valence electrons. The standard InChI is InChI=1S/C19H21N3O4S/c1-22(12-14-5-4-10-27-14)18(23)9-8-17-20-19(21-26-17)13-6-7-15(24-2)16(11-13)25-3/h4-7,10-11H,8-9,12H2,1-3H3. The molecule has 0 saturated carbocycles. The first-order valence-electron chi connectivity index (χ1n) is 8.42. The summed E-state index contributed by atoms with van der Waals surface area (Å²) in [5.41, 5.74) is 0.754. The minimum absolute atomic E-state index is 0.0364. The third-order valence-electron chi connectivity index (χ3n) is 4.06. The van der Waals surface area contributed by atoms with E-state index in [2.05, 4.69) is 10.1 Å². The minimum atomic E-state index is 0.0364. The van der Waals surface area contributed by atoms with Crippen LogP contribution in [0, 0.1) is 0 Å². The molecule has 27 heavy (non-hydrogen) atoms. The second-order valence-electron chi connectivity index (χ2n) is 5.91. The molecule has 0 radical (unpaired) electrons. The number of aromatic nitrogens is 2. The van der Waals surface area contributed by atoms with Crippen LogP contribution in [0.4, 0.5) is 0 Å². The number of hydrogen-bond donors (Lipinski definition) is 0. The van der Waals surface area contributed by atoms with Crippen LogP contribution in [0.2, 0.25) is 0 Å². The summed E-state index contributed by atoms with van der Waals surface area (Å²) in [4.78, 5) is 19.5. The summed E-state index contributed by atoms with van der Waals surface area (Å²) < 4.78 is 15.8. The van der Waals surface area contributed by atoms with Crippen molar-refractivity contribution >= 4 is 17.2 Å². The molecule has 1 amide bonds. The van der Waals surface area contributed by atoms with Gasteiger partial charge in [0, 0.05) is 30.3 Å². The van der Waals surface area contributed by atoms with Crippen LogP contribution in [-0.4, -0.2) is 42.2 Å². The normalized spacial score (nSPS) is 10.6. The molecule has 0 unspecified atom stereocenters. The van der Waals surface area contributed by atoms with Gasteiger partial charge in [-0.2, -0.15) is 4.98 Å². The zero-order chi connectivity index (χ0) is 19.2. The predicted octanol–water partition coefficient (Wildman–Crippen LogP) is 3.41. The fourth-order valence-electron chi connectivity index (χ4n) is 2.58. The number of methoxy groups -OCH3 is 2. The first kappa shape index (κ1) is 18.9. The van der Waals surface area contributed by atoms with E-state index in [-0.39, 0.29) is 5.91 Å². The Hall–Kier alpha value is -2.87. The van der Waals surface area contributed by atoms with E-state index in [9.17, 15) is 4.79 Å². The van der Waals surface area contributed by atoms with E-state index in [0.29, 0.717) is 42.6 Å². The van der Waals surface area contributed by atoms with Crippen LogP contribution in [0.5, 0.6) is 11.5 Å². The lowest BCUT2D eigenvalue weighted by atomic mass is 10.2. The van der Waals surface area contributed by atoms with Gasteiger partial charge in [-0.1, -0.05) is 11.2 Å². The highest BCUT2D eigenvalue weighted by atomic mass is 32.1. The number of carbonyl (C=O) groups excluding carboxylic acids is 1. The van der Waals surface area contributed by atoms with Crippen molar-refractivity contribution in [1.29, 1.82) is 0 Å². The van der Waals surface area contributed by atoms with E-state index in [4.69, 9.17) is 14.0 Å². The van der Waals surface area contributed by atoms with Gasteiger partial charge in [-0.15, -0.1) is 11.3 Å². The van der Waals surface area contributed by atoms with Gasteiger partial charge in [0.05, 0.1) is 20.8 Å². The number of aryl methyl sites for hydroxylation is 1. The molecule has 0 bridgehead atoms. The highest BCUT2D eigenvalue weighted by Gasteiger charge is 2.15. The number of hydrogen-bond acceptors (Lipinski definition) is 7. The SMILES string of the molecule is COc1ccc(-c2noc(CCC(=O)N(C)Cc3cccs3)n2)cc1OC. The van der Waals surface area contributed by atoms with Gasteiger partial charge in [-0.25, -0.2) is 0 Å². The van der Waals surface area contributed by atoms with Crippen LogP contribution in [0.1, 0.15) is 17.2 Å². The Morgan fingerprint density at radius 1 is 1.22 bits per heavy atom. The molecule has 1 aromatic carbocycles. The second-order valence-corrected chi connectivity index (χ2v) is 6.94. The van der Waals surface area contributed by atoms with Crippen LogP contribution in [0.3, 0.4) is 0 Å². The highest BCUT2D eigenvalue weighted by Crippen LogP contribution is 2.31. The zero-order valence-electron chi connectivity index (χ0n) is 15.5. The van der Waals surface area contributed by atoms with Crippen molar-refractivity contribution in [3.05, 3.63) is 46.5 Å². The fourth-order valence-corrected chi connectivity index (χ4v) is 3.34. The number of nitrogens with zero attached hydrogens (tertiary/aromatic N) is 3. The van der Waals surface area contributed by atoms with Gasteiger partial charge < -0.3 is 18.9 Å². The average Bonchev–Trinajstić information content (AvgIpc) is 3.37. The second kappa shape index (κ2) is 8.68. The molecule has 3 aromatic rings. The number of thiophene rings is 1. The monoisotopic (exact) mass is 387 g/mol. The Bertz CT molecular complexity index is 892. The number of carbonyl (C=O) groups is 1. The number of benzene rings is 1. The third kappa shape index (κ3) is 4.65. The summed E-state index contributed by atoms with van der Waals surface area (Å²) in [5, 5.41) is 6.00. The molecule has 2 heterocycles. The third-order valence-corrected chi connectivity index (χ3v) is 4.92. The summed E-state index contributed by atoms with van der Waals surface area (Å²) in [6.07, 6.45) is 0.712. The number of amides is 1. The van der Waals surface area contributed by atoms with Gasteiger partial charge in [0.2, 0.25) is 17.6 Å². The van der Waals surface area contributed by atoms with Crippen molar-refractivity contribution in [3.63, 3.8) is 0 Å². The quantitative estimate of drug-likeness (QED) is 0.589. The van der Waals surface area contributed by atoms with Crippen molar-refractivity contribution in [2.75, 3.05) is 21.3 Å². The Morgan fingerprint density at radius 2 is 2.04 bits per heavy atom. The van der Waals surface area contributed by atoms with Gasteiger partial charge in [0.15, 0.2) is 11.5 Å². The first-order chi connectivity index (χ1) is 13.1. The van der Waals surface area contributed by atoms with Gasteiger partial charge in [-0.3, -0.25) is 4.79 Å². The van der Waals surface area contributed by atoms with Gasteiger partial charge in [0.25, 0.3) is 0 Å². The minimum Gasteiger partial charge on any atom is -0.493 e. The van der Waals surface area contributed by atoms with E-state index in [1.165, 1.54) is 0 Å². The van der Waals surface area contributed by atoms with Gasteiger partial charge in [-0.05, 0) is 29.6 Å². The summed E-state index contributed by atoms with van der Waals surface area (Å²) in [6, 6.07) is 9.39. The maximum atomic E-state index is 12.3. The van der Waals surface area contributed by atoms with Gasteiger partial charge >= 0.3 is 0 Å². The molecule has 0 aliphatic heterocycles. The Morgan fingerprint density at radius 3 is 2.74 bits per heavy atom. The molecule has 0 spiro atoms. The number of ether oxygens (including phenoxy) is 2. The molecule has 0 saturated heterocycles. The van der Waals surface area contributed by atoms with E-state index in [0.717, 1.165) is 10.4 Å². The molecule has 0 N–H and O–H groups in total.